The molecule has 0 saturated heterocycles. The normalized spacial score (nSPS) is 10.8. The highest BCUT2D eigenvalue weighted by molar-refractivity contribution is 7.99. The van der Waals surface area contributed by atoms with Gasteiger partial charge in [-0.3, -0.25) is 4.79 Å². The Labute approximate surface area is 122 Å². The molecule has 0 fully saturated rings. The van der Waals surface area contributed by atoms with Gasteiger partial charge in [0.05, 0.1) is 16.8 Å². The fourth-order valence-corrected chi connectivity index (χ4v) is 2.69. The minimum Gasteiger partial charge on any atom is -0.481 e. The highest BCUT2D eigenvalue weighted by atomic mass is 32.2. The van der Waals surface area contributed by atoms with Crippen LogP contribution < -0.4 is 0 Å². The van der Waals surface area contributed by atoms with E-state index in [1.807, 2.05) is 25.1 Å². The molecule has 0 radical (unpaired) electrons. The molecule has 0 spiro atoms. The van der Waals surface area contributed by atoms with Crippen LogP contribution in [0.5, 0.6) is 0 Å². The van der Waals surface area contributed by atoms with Crippen LogP contribution in [0.25, 0.3) is 11.0 Å². The largest absolute Gasteiger partial charge is 0.481 e. The second kappa shape index (κ2) is 6.13. The first-order valence-electron chi connectivity index (χ1n) is 6.43. The van der Waals surface area contributed by atoms with Crippen LogP contribution in [0.3, 0.4) is 0 Å². The summed E-state index contributed by atoms with van der Waals surface area (Å²) in [6.07, 6.45) is 2.12. The number of benzene rings is 1. The van der Waals surface area contributed by atoms with Crippen LogP contribution in [0.1, 0.15) is 19.4 Å². The molecule has 0 aliphatic rings. The van der Waals surface area contributed by atoms with Crippen molar-refractivity contribution in [2.45, 2.75) is 32.5 Å². The number of carboxylic acid groups (broad SMARTS) is 1. The highest BCUT2D eigenvalue weighted by Crippen LogP contribution is 2.26. The van der Waals surface area contributed by atoms with Crippen molar-refractivity contribution < 1.29 is 9.90 Å². The van der Waals surface area contributed by atoms with Crippen molar-refractivity contribution in [1.29, 1.82) is 0 Å². The zero-order valence-corrected chi connectivity index (χ0v) is 12.7. The van der Waals surface area contributed by atoms with E-state index in [4.69, 9.17) is 5.11 Å². The Bertz CT molecular complexity index is 670. The van der Waals surface area contributed by atoms with Gasteiger partial charge in [0.15, 0.2) is 5.16 Å². The number of nitrogens with zero attached hydrogens (tertiary/aromatic N) is 2. The van der Waals surface area contributed by atoms with Gasteiger partial charge in [-0.2, -0.15) is 0 Å². The van der Waals surface area contributed by atoms with Crippen molar-refractivity contribution in [3.63, 3.8) is 0 Å². The Hall–Kier alpha value is -1.75. The van der Waals surface area contributed by atoms with Gasteiger partial charge in [0.1, 0.15) is 0 Å². The van der Waals surface area contributed by atoms with E-state index in [0.29, 0.717) is 6.54 Å². The second-order valence-electron chi connectivity index (χ2n) is 4.91. The first-order chi connectivity index (χ1) is 9.49. The standard InChI is InChI=1S/C15H18N2O2S/c1-10(2)7-8-17-12-6-4-5-11(3)14(12)16-15(17)20-9-13(18)19/h4-7H,8-9H2,1-3H3,(H,18,19). The number of allylic oxidation sites excluding steroid dienone is 2. The number of hydrogen-bond donors (Lipinski definition) is 1. The average Bonchev–Trinajstić information content (AvgIpc) is 2.73. The summed E-state index contributed by atoms with van der Waals surface area (Å²) in [6, 6.07) is 6.05. The lowest BCUT2D eigenvalue weighted by Gasteiger charge is -2.05. The molecule has 0 aliphatic carbocycles. The van der Waals surface area contributed by atoms with E-state index in [1.165, 1.54) is 17.3 Å². The molecule has 1 aromatic carbocycles. The number of para-hydroxylation sites is 1. The lowest BCUT2D eigenvalue weighted by Crippen LogP contribution is -2.02. The molecule has 5 heteroatoms. The molecule has 0 unspecified atom stereocenters. The molecule has 0 aliphatic heterocycles. The second-order valence-corrected chi connectivity index (χ2v) is 5.85. The third-order valence-corrected chi connectivity index (χ3v) is 3.91. The van der Waals surface area contributed by atoms with Crippen LogP contribution in [-0.2, 0) is 11.3 Å². The Morgan fingerprint density at radius 3 is 2.85 bits per heavy atom. The summed E-state index contributed by atoms with van der Waals surface area (Å²) in [7, 11) is 0. The number of aryl methyl sites for hydroxylation is 1. The number of aliphatic carboxylic acids is 1. The van der Waals surface area contributed by atoms with Crippen molar-refractivity contribution in [2.24, 2.45) is 0 Å². The SMILES string of the molecule is CC(C)=CCn1c(SCC(=O)O)nc2c(C)cccc21. The zero-order chi connectivity index (χ0) is 14.7. The van der Waals surface area contributed by atoms with Gasteiger partial charge in [-0.05, 0) is 32.4 Å². The minimum absolute atomic E-state index is 0.0250. The monoisotopic (exact) mass is 290 g/mol. The molecule has 1 N–H and O–H groups in total. The summed E-state index contributed by atoms with van der Waals surface area (Å²) in [6.45, 7) is 6.83. The Kier molecular flexibility index (Phi) is 4.49. The third kappa shape index (κ3) is 3.22. The number of carbonyl (C=O) groups is 1. The lowest BCUT2D eigenvalue weighted by atomic mass is 10.2. The quantitative estimate of drug-likeness (QED) is 0.676. The van der Waals surface area contributed by atoms with Crippen molar-refractivity contribution in [3.05, 3.63) is 35.4 Å². The molecule has 4 nitrogen and oxygen atoms in total. The van der Waals surface area contributed by atoms with Crippen LogP contribution in [0.15, 0.2) is 35.0 Å². The Balaban J connectivity index is 2.47. The maximum Gasteiger partial charge on any atom is 0.313 e. The van der Waals surface area contributed by atoms with Gasteiger partial charge in [0, 0.05) is 6.54 Å². The smallest absolute Gasteiger partial charge is 0.313 e. The number of hydrogen-bond acceptors (Lipinski definition) is 3. The van der Waals surface area contributed by atoms with Gasteiger partial charge in [0.2, 0.25) is 0 Å². The van der Waals surface area contributed by atoms with Crippen LogP contribution >= 0.6 is 11.8 Å². The topological polar surface area (TPSA) is 55.1 Å². The van der Waals surface area contributed by atoms with E-state index in [2.05, 4.69) is 29.5 Å². The fourth-order valence-electron chi connectivity index (χ4n) is 1.95. The number of imidazole rings is 1. The summed E-state index contributed by atoms with van der Waals surface area (Å²) >= 11 is 1.26. The van der Waals surface area contributed by atoms with Crippen LogP contribution in [0, 0.1) is 6.92 Å². The number of carboxylic acids is 1. The van der Waals surface area contributed by atoms with Gasteiger partial charge >= 0.3 is 5.97 Å². The van der Waals surface area contributed by atoms with Gasteiger partial charge in [-0.1, -0.05) is 35.5 Å². The maximum atomic E-state index is 10.8. The summed E-state index contributed by atoms with van der Waals surface area (Å²) in [5.41, 5.74) is 4.34. The van der Waals surface area contributed by atoms with Gasteiger partial charge in [-0.15, -0.1) is 0 Å². The van der Waals surface area contributed by atoms with E-state index in [-0.39, 0.29) is 5.75 Å². The molecule has 1 aromatic heterocycles. The van der Waals surface area contributed by atoms with Gasteiger partial charge in [0.25, 0.3) is 0 Å². The molecule has 2 aromatic rings. The molecule has 20 heavy (non-hydrogen) atoms. The van der Waals surface area contributed by atoms with Crippen LogP contribution in [-0.4, -0.2) is 26.4 Å². The third-order valence-electron chi connectivity index (χ3n) is 2.95. The number of thioether (sulfide) groups is 1. The van der Waals surface area contributed by atoms with Gasteiger partial charge < -0.3 is 9.67 Å². The predicted molar refractivity (Wildman–Crippen MR) is 82.3 cm³/mol. The molecular weight excluding hydrogens is 272 g/mol. The molecule has 0 bridgehead atoms. The van der Waals surface area contributed by atoms with E-state index in [9.17, 15) is 4.79 Å². The summed E-state index contributed by atoms with van der Waals surface area (Å²) < 4.78 is 2.07. The summed E-state index contributed by atoms with van der Waals surface area (Å²) in [5, 5.41) is 9.60. The Morgan fingerprint density at radius 2 is 2.20 bits per heavy atom. The Morgan fingerprint density at radius 1 is 1.45 bits per heavy atom. The molecule has 0 amide bonds. The predicted octanol–water partition coefficient (Wildman–Crippen LogP) is 3.49. The fraction of sp³-hybridized carbons (Fsp3) is 0.333. The van der Waals surface area contributed by atoms with Crippen molar-refractivity contribution in [3.8, 4) is 0 Å². The molecule has 106 valence electrons. The molecular formula is C15H18N2O2S. The number of fused-ring (bicyclic) bond motifs is 1. The average molecular weight is 290 g/mol. The number of rotatable bonds is 5. The first kappa shape index (κ1) is 14.7. The van der Waals surface area contributed by atoms with Crippen molar-refractivity contribution in [1.82, 2.24) is 9.55 Å². The van der Waals surface area contributed by atoms with Crippen molar-refractivity contribution in [2.75, 3.05) is 5.75 Å². The summed E-state index contributed by atoms with van der Waals surface area (Å²) in [5.74, 6) is -0.801. The molecule has 2 rings (SSSR count). The zero-order valence-electron chi connectivity index (χ0n) is 11.9. The maximum absolute atomic E-state index is 10.8. The molecule has 0 saturated carbocycles. The van der Waals surface area contributed by atoms with E-state index in [0.717, 1.165) is 21.8 Å². The lowest BCUT2D eigenvalue weighted by molar-refractivity contribution is -0.133. The van der Waals surface area contributed by atoms with E-state index >= 15 is 0 Å². The van der Waals surface area contributed by atoms with E-state index < -0.39 is 5.97 Å². The van der Waals surface area contributed by atoms with Crippen LogP contribution in [0.4, 0.5) is 0 Å². The van der Waals surface area contributed by atoms with Crippen LogP contribution in [0.2, 0.25) is 0 Å². The first-order valence-corrected chi connectivity index (χ1v) is 7.41. The minimum atomic E-state index is -0.826. The highest BCUT2D eigenvalue weighted by Gasteiger charge is 2.13. The van der Waals surface area contributed by atoms with E-state index in [1.54, 1.807) is 0 Å². The van der Waals surface area contributed by atoms with Gasteiger partial charge in [-0.25, -0.2) is 4.98 Å². The summed E-state index contributed by atoms with van der Waals surface area (Å²) in [4.78, 5) is 15.4. The molecule has 1 heterocycles. The number of aromatic nitrogens is 2. The van der Waals surface area contributed by atoms with Crippen molar-refractivity contribution >= 4 is 28.8 Å². The molecule has 0 atom stereocenters.